The highest BCUT2D eigenvalue weighted by Gasteiger charge is 2.23. The van der Waals surface area contributed by atoms with Crippen LogP contribution in [0.25, 0.3) is 0 Å². The van der Waals surface area contributed by atoms with Crippen molar-refractivity contribution in [1.29, 1.82) is 0 Å². The van der Waals surface area contributed by atoms with E-state index in [-0.39, 0.29) is 0 Å². The van der Waals surface area contributed by atoms with Gasteiger partial charge in [0.15, 0.2) is 0 Å². The number of piperidine rings is 1. The van der Waals surface area contributed by atoms with Crippen molar-refractivity contribution in [2.24, 2.45) is 0 Å². The van der Waals surface area contributed by atoms with Crippen LogP contribution < -0.4 is 4.74 Å². The standard InChI is InChI=1S/C15H21NO2/c1-11-4-5-15(18-3)14(10-11)12(2)16-8-6-13(17)7-9-16/h4-5,10,12H,6-9H2,1-3H3. The van der Waals surface area contributed by atoms with E-state index in [0.717, 1.165) is 18.8 Å². The molecule has 1 fully saturated rings. The monoisotopic (exact) mass is 247 g/mol. The fourth-order valence-corrected chi connectivity index (χ4v) is 2.54. The SMILES string of the molecule is COc1ccc(C)cc1C(C)N1CCC(=O)CC1. The molecular formula is C15H21NO2. The Morgan fingerprint density at radius 2 is 1.94 bits per heavy atom. The molecule has 98 valence electrons. The van der Waals surface area contributed by atoms with Crippen molar-refractivity contribution in [3.05, 3.63) is 29.3 Å². The van der Waals surface area contributed by atoms with Crippen LogP contribution in [0, 0.1) is 6.92 Å². The van der Waals surface area contributed by atoms with Crippen LogP contribution in [0.2, 0.25) is 0 Å². The number of benzene rings is 1. The average molecular weight is 247 g/mol. The van der Waals surface area contributed by atoms with Gasteiger partial charge in [-0.3, -0.25) is 9.69 Å². The Labute approximate surface area is 109 Å². The molecule has 3 heteroatoms. The summed E-state index contributed by atoms with van der Waals surface area (Å²) in [5.74, 6) is 1.32. The maximum absolute atomic E-state index is 11.3. The number of ketones is 1. The molecule has 18 heavy (non-hydrogen) atoms. The number of hydrogen-bond donors (Lipinski definition) is 0. The molecule has 2 rings (SSSR count). The van der Waals surface area contributed by atoms with Gasteiger partial charge in [0.2, 0.25) is 0 Å². The third-order valence-corrected chi connectivity index (χ3v) is 3.74. The largest absolute Gasteiger partial charge is 0.496 e. The average Bonchev–Trinajstić information content (AvgIpc) is 2.39. The van der Waals surface area contributed by atoms with Crippen molar-refractivity contribution in [2.75, 3.05) is 20.2 Å². The summed E-state index contributed by atoms with van der Waals surface area (Å²) in [7, 11) is 1.71. The quantitative estimate of drug-likeness (QED) is 0.822. The maximum atomic E-state index is 11.3. The highest BCUT2D eigenvalue weighted by molar-refractivity contribution is 5.79. The van der Waals surface area contributed by atoms with Crippen LogP contribution in [0.4, 0.5) is 0 Å². The second kappa shape index (κ2) is 5.53. The Morgan fingerprint density at radius 3 is 2.56 bits per heavy atom. The summed E-state index contributed by atoms with van der Waals surface area (Å²) in [5, 5.41) is 0. The number of rotatable bonds is 3. The predicted molar refractivity (Wildman–Crippen MR) is 72.0 cm³/mol. The number of likely N-dealkylation sites (tertiary alicyclic amines) is 1. The molecule has 0 amide bonds. The Bertz CT molecular complexity index is 432. The second-order valence-electron chi connectivity index (χ2n) is 5.00. The fraction of sp³-hybridized carbons (Fsp3) is 0.533. The van der Waals surface area contributed by atoms with E-state index in [4.69, 9.17) is 4.74 Å². The molecule has 0 N–H and O–H groups in total. The minimum Gasteiger partial charge on any atom is -0.496 e. The summed E-state index contributed by atoms with van der Waals surface area (Å²) in [6, 6.07) is 6.57. The topological polar surface area (TPSA) is 29.5 Å². The first-order valence-corrected chi connectivity index (χ1v) is 6.52. The van der Waals surface area contributed by atoms with E-state index in [1.165, 1.54) is 11.1 Å². The van der Waals surface area contributed by atoms with Gasteiger partial charge >= 0.3 is 0 Å². The van der Waals surface area contributed by atoms with Gasteiger partial charge in [-0.15, -0.1) is 0 Å². The molecule has 1 aliphatic rings. The van der Waals surface area contributed by atoms with Gasteiger partial charge in [0.05, 0.1) is 7.11 Å². The Balaban J connectivity index is 2.19. The Kier molecular flexibility index (Phi) is 4.02. The molecule has 1 aromatic rings. The van der Waals surface area contributed by atoms with Gasteiger partial charge in [0.1, 0.15) is 11.5 Å². The molecule has 0 radical (unpaired) electrons. The summed E-state index contributed by atoms with van der Waals surface area (Å²) in [6.07, 6.45) is 1.36. The highest BCUT2D eigenvalue weighted by Crippen LogP contribution is 2.31. The summed E-state index contributed by atoms with van der Waals surface area (Å²) in [6.45, 7) is 6.00. The predicted octanol–water partition coefficient (Wildman–Crippen LogP) is 2.73. The van der Waals surface area contributed by atoms with E-state index in [1.54, 1.807) is 7.11 Å². The van der Waals surface area contributed by atoms with Crippen LogP contribution >= 0.6 is 0 Å². The Hall–Kier alpha value is -1.35. The van der Waals surface area contributed by atoms with Crippen molar-refractivity contribution in [3.63, 3.8) is 0 Å². The highest BCUT2D eigenvalue weighted by atomic mass is 16.5. The van der Waals surface area contributed by atoms with Crippen LogP contribution in [-0.4, -0.2) is 30.9 Å². The number of hydrogen-bond acceptors (Lipinski definition) is 3. The van der Waals surface area contributed by atoms with Crippen LogP contribution in [0.5, 0.6) is 5.75 Å². The van der Waals surface area contributed by atoms with Gasteiger partial charge in [0.25, 0.3) is 0 Å². The molecule has 1 aliphatic heterocycles. The lowest BCUT2D eigenvalue weighted by Crippen LogP contribution is -2.35. The first kappa shape index (κ1) is 13.1. The van der Waals surface area contributed by atoms with Gasteiger partial charge in [-0.05, 0) is 19.9 Å². The lowest BCUT2D eigenvalue weighted by molar-refractivity contribution is -0.121. The van der Waals surface area contributed by atoms with Crippen molar-refractivity contribution >= 4 is 5.78 Å². The van der Waals surface area contributed by atoms with E-state index >= 15 is 0 Å². The molecule has 1 saturated heterocycles. The molecule has 1 atom stereocenters. The van der Waals surface area contributed by atoms with Crippen molar-refractivity contribution in [2.45, 2.75) is 32.7 Å². The zero-order valence-corrected chi connectivity index (χ0v) is 11.4. The molecule has 1 aromatic carbocycles. The normalized spacial score (nSPS) is 18.7. The van der Waals surface area contributed by atoms with Crippen LogP contribution in [0.3, 0.4) is 0 Å². The number of methoxy groups -OCH3 is 1. The number of Topliss-reactive ketones (excluding diaryl/α,β-unsaturated/α-hetero) is 1. The number of ether oxygens (including phenoxy) is 1. The first-order chi connectivity index (χ1) is 8.61. The van der Waals surface area contributed by atoms with E-state index in [1.807, 2.05) is 6.07 Å². The van der Waals surface area contributed by atoms with E-state index < -0.39 is 0 Å². The van der Waals surface area contributed by atoms with E-state index in [2.05, 4.69) is 30.9 Å². The van der Waals surface area contributed by atoms with Gasteiger partial charge < -0.3 is 4.74 Å². The number of aryl methyl sites for hydroxylation is 1. The van der Waals surface area contributed by atoms with Crippen LogP contribution in [0.1, 0.15) is 36.9 Å². The Morgan fingerprint density at radius 1 is 1.28 bits per heavy atom. The molecule has 0 aliphatic carbocycles. The summed E-state index contributed by atoms with van der Waals surface area (Å²) < 4.78 is 5.44. The van der Waals surface area contributed by atoms with Crippen molar-refractivity contribution in [1.82, 2.24) is 4.90 Å². The molecule has 3 nitrogen and oxygen atoms in total. The molecule has 0 aromatic heterocycles. The molecule has 1 heterocycles. The lowest BCUT2D eigenvalue weighted by atomic mass is 10.00. The third kappa shape index (κ3) is 2.72. The summed E-state index contributed by atoms with van der Waals surface area (Å²) >= 11 is 0. The zero-order valence-electron chi connectivity index (χ0n) is 11.4. The summed E-state index contributed by atoms with van der Waals surface area (Å²) in [4.78, 5) is 13.7. The van der Waals surface area contributed by atoms with Crippen LogP contribution in [-0.2, 0) is 4.79 Å². The van der Waals surface area contributed by atoms with Gasteiger partial charge in [-0.25, -0.2) is 0 Å². The van der Waals surface area contributed by atoms with Crippen molar-refractivity contribution < 1.29 is 9.53 Å². The smallest absolute Gasteiger partial charge is 0.135 e. The zero-order chi connectivity index (χ0) is 13.1. The molecule has 0 saturated carbocycles. The molecule has 0 spiro atoms. The number of carbonyl (C=O) groups is 1. The molecule has 0 bridgehead atoms. The fourth-order valence-electron chi connectivity index (χ4n) is 2.54. The van der Waals surface area contributed by atoms with Gasteiger partial charge in [-0.1, -0.05) is 17.7 Å². The second-order valence-corrected chi connectivity index (χ2v) is 5.00. The maximum Gasteiger partial charge on any atom is 0.135 e. The van der Waals surface area contributed by atoms with Crippen molar-refractivity contribution in [3.8, 4) is 5.75 Å². The molecule has 1 unspecified atom stereocenters. The number of carbonyl (C=O) groups excluding carboxylic acids is 1. The minimum atomic E-state index is 0.299. The van der Waals surface area contributed by atoms with E-state index in [9.17, 15) is 4.79 Å². The molecular weight excluding hydrogens is 226 g/mol. The van der Waals surface area contributed by atoms with E-state index in [0.29, 0.717) is 24.7 Å². The lowest BCUT2D eigenvalue weighted by Gasteiger charge is -2.32. The summed E-state index contributed by atoms with van der Waals surface area (Å²) in [5.41, 5.74) is 2.46. The third-order valence-electron chi connectivity index (χ3n) is 3.74. The van der Waals surface area contributed by atoms with Crippen LogP contribution in [0.15, 0.2) is 18.2 Å². The first-order valence-electron chi connectivity index (χ1n) is 6.52. The van der Waals surface area contributed by atoms with Gasteiger partial charge in [0, 0.05) is 37.5 Å². The van der Waals surface area contributed by atoms with Gasteiger partial charge in [-0.2, -0.15) is 0 Å². The minimum absolute atomic E-state index is 0.299. The number of nitrogens with zero attached hydrogens (tertiary/aromatic N) is 1.